The molecule has 0 spiro atoms. The molecule has 0 radical (unpaired) electrons. The van der Waals surface area contributed by atoms with Crippen LogP contribution in [0.15, 0.2) is 18.2 Å². The van der Waals surface area contributed by atoms with Gasteiger partial charge in [-0.2, -0.15) is 0 Å². The SMILES string of the molecule is COc1cccc(N(CCO)C2CCCC2)c1C(C)N. The van der Waals surface area contributed by atoms with Crippen molar-refractivity contribution in [3.8, 4) is 5.75 Å². The summed E-state index contributed by atoms with van der Waals surface area (Å²) in [6.45, 7) is 2.79. The number of anilines is 1. The highest BCUT2D eigenvalue weighted by Gasteiger charge is 2.26. The molecule has 1 saturated carbocycles. The number of hydrogen-bond donors (Lipinski definition) is 2. The molecule has 0 amide bonds. The van der Waals surface area contributed by atoms with Gasteiger partial charge < -0.3 is 20.5 Å². The van der Waals surface area contributed by atoms with Gasteiger partial charge in [0.05, 0.1) is 13.7 Å². The van der Waals surface area contributed by atoms with Gasteiger partial charge in [0.25, 0.3) is 0 Å². The normalized spacial score (nSPS) is 17.2. The summed E-state index contributed by atoms with van der Waals surface area (Å²) < 4.78 is 5.47. The lowest BCUT2D eigenvalue weighted by Gasteiger charge is -2.33. The first-order valence-electron chi connectivity index (χ1n) is 7.49. The number of methoxy groups -OCH3 is 1. The van der Waals surface area contributed by atoms with Crippen LogP contribution in [-0.2, 0) is 0 Å². The Morgan fingerprint density at radius 2 is 2.10 bits per heavy atom. The Morgan fingerprint density at radius 3 is 2.65 bits per heavy atom. The fourth-order valence-corrected chi connectivity index (χ4v) is 3.24. The largest absolute Gasteiger partial charge is 0.496 e. The van der Waals surface area contributed by atoms with Crippen molar-refractivity contribution in [3.63, 3.8) is 0 Å². The highest BCUT2D eigenvalue weighted by Crippen LogP contribution is 2.37. The molecule has 4 heteroatoms. The molecule has 1 fully saturated rings. The molecule has 1 aromatic carbocycles. The van der Waals surface area contributed by atoms with Gasteiger partial charge in [-0.15, -0.1) is 0 Å². The number of ether oxygens (including phenoxy) is 1. The molecule has 0 aromatic heterocycles. The van der Waals surface area contributed by atoms with Crippen LogP contribution < -0.4 is 15.4 Å². The Bertz CT molecular complexity index is 428. The summed E-state index contributed by atoms with van der Waals surface area (Å²) in [5.74, 6) is 0.832. The van der Waals surface area contributed by atoms with Gasteiger partial charge in [-0.25, -0.2) is 0 Å². The predicted molar refractivity (Wildman–Crippen MR) is 82.3 cm³/mol. The predicted octanol–water partition coefficient (Wildman–Crippen LogP) is 2.46. The Hall–Kier alpha value is -1.26. The quantitative estimate of drug-likeness (QED) is 0.839. The summed E-state index contributed by atoms with van der Waals surface area (Å²) in [5.41, 5.74) is 8.30. The maximum absolute atomic E-state index is 9.41. The first kappa shape index (κ1) is 15.1. The van der Waals surface area contributed by atoms with Crippen molar-refractivity contribution in [1.82, 2.24) is 0 Å². The minimum absolute atomic E-state index is 0.0938. The number of rotatable bonds is 6. The molecule has 0 heterocycles. The maximum Gasteiger partial charge on any atom is 0.125 e. The fourth-order valence-electron chi connectivity index (χ4n) is 3.24. The van der Waals surface area contributed by atoms with Gasteiger partial charge in [0.15, 0.2) is 0 Å². The third-order valence-corrected chi connectivity index (χ3v) is 4.13. The van der Waals surface area contributed by atoms with Crippen molar-refractivity contribution >= 4 is 5.69 Å². The fraction of sp³-hybridized carbons (Fsp3) is 0.625. The molecular formula is C16H26N2O2. The van der Waals surface area contributed by atoms with E-state index < -0.39 is 0 Å². The maximum atomic E-state index is 9.41. The highest BCUT2D eigenvalue weighted by atomic mass is 16.5. The minimum atomic E-state index is -0.0938. The lowest BCUT2D eigenvalue weighted by molar-refractivity contribution is 0.297. The topological polar surface area (TPSA) is 58.7 Å². The number of nitrogens with two attached hydrogens (primary N) is 1. The number of nitrogens with zero attached hydrogens (tertiary/aromatic N) is 1. The van der Waals surface area contributed by atoms with Crippen molar-refractivity contribution in [2.24, 2.45) is 5.73 Å². The minimum Gasteiger partial charge on any atom is -0.496 e. The smallest absolute Gasteiger partial charge is 0.125 e. The second kappa shape index (κ2) is 6.95. The van der Waals surface area contributed by atoms with E-state index >= 15 is 0 Å². The number of hydrogen-bond acceptors (Lipinski definition) is 4. The van der Waals surface area contributed by atoms with Crippen molar-refractivity contribution in [3.05, 3.63) is 23.8 Å². The van der Waals surface area contributed by atoms with E-state index in [1.165, 1.54) is 25.7 Å². The zero-order chi connectivity index (χ0) is 14.5. The number of benzene rings is 1. The zero-order valence-corrected chi connectivity index (χ0v) is 12.5. The molecule has 1 aromatic rings. The monoisotopic (exact) mass is 278 g/mol. The zero-order valence-electron chi connectivity index (χ0n) is 12.5. The van der Waals surface area contributed by atoms with Gasteiger partial charge in [0.2, 0.25) is 0 Å². The lowest BCUT2D eigenvalue weighted by atomic mass is 10.0. The van der Waals surface area contributed by atoms with Crippen molar-refractivity contribution in [2.75, 3.05) is 25.2 Å². The Morgan fingerprint density at radius 1 is 1.40 bits per heavy atom. The molecule has 1 unspecified atom stereocenters. The van der Waals surface area contributed by atoms with Crippen LogP contribution in [0.3, 0.4) is 0 Å². The molecule has 4 nitrogen and oxygen atoms in total. The van der Waals surface area contributed by atoms with Crippen LogP contribution in [0, 0.1) is 0 Å². The molecule has 2 rings (SSSR count). The molecule has 0 bridgehead atoms. The van der Waals surface area contributed by atoms with E-state index in [1.54, 1.807) is 7.11 Å². The molecule has 1 aliphatic carbocycles. The summed E-state index contributed by atoms with van der Waals surface area (Å²) in [5, 5.41) is 9.41. The molecule has 1 atom stereocenters. The van der Waals surface area contributed by atoms with E-state index in [1.807, 2.05) is 19.1 Å². The van der Waals surface area contributed by atoms with Crippen molar-refractivity contribution in [1.29, 1.82) is 0 Å². The molecule has 20 heavy (non-hydrogen) atoms. The van der Waals surface area contributed by atoms with E-state index in [0.717, 1.165) is 17.0 Å². The van der Waals surface area contributed by atoms with E-state index in [9.17, 15) is 5.11 Å². The van der Waals surface area contributed by atoms with Gasteiger partial charge >= 0.3 is 0 Å². The molecular weight excluding hydrogens is 252 g/mol. The Kier molecular flexibility index (Phi) is 5.26. The molecule has 0 aliphatic heterocycles. The summed E-state index contributed by atoms with van der Waals surface area (Å²) in [4.78, 5) is 2.31. The van der Waals surface area contributed by atoms with Crippen molar-refractivity contribution < 1.29 is 9.84 Å². The van der Waals surface area contributed by atoms with Crippen LogP contribution >= 0.6 is 0 Å². The third-order valence-electron chi connectivity index (χ3n) is 4.13. The van der Waals surface area contributed by atoms with Crippen LogP contribution in [0.2, 0.25) is 0 Å². The molecule has 3 N–H and O–H groups in total. The Labute approximate surface area is 121 Å². The van der Waals surface area contributed by atoms with Crippen LogP contribution in [0.25, 0.3) is 0 Å². The summed E-state index contributed by atoms with van der Waals surface area (Å²) in [6.07, 6.45) is 4.92. The average Bonchev–Trinajstić information content (AvgIpc) is 2.97. The first-order valence-corrected chi connectivity index (χ1v) is 7.49. The third kappa shape index (κ3) is 3.07. The standard InChI is InChI=1S/C16H26N2O2/c1-12(17)16-14(8-5-9-15(16)20-2)18(10-11-19)13-6-3-4-7-13/h5,8-9,12-13,19H,3-4,6-7,10-11,17H2,1-2H3. The van der Waals surface area contributed by atoms with Gasteiger partial charge in [0.1, 0.15) is 5.75 Å². The molecule has 112 valence electrons. The average molecular weight is 278 g/mol. The van der Waals surface area contributed by atoms with Gasteiger partial charge in [-0.3, -0.25) is 0 Å². The summed E-state index contributed by atoms with van der Waals surface area (Å²) in [7, 11) is 1.68. The van der Waals surface area contributed by atoms with Crippen LogP contribution in [-0.4, -0.2) is 31.4 Å². The van der Waals surface area contributed by atoms with E-state index in [4.69, 9.17) is 10.5 Å². The second-order valence-corrected chi connectivity index (χ2v) is 5.54. The van der Waals surface area contributed by atoms with Crippen LogP contribution in [0.1, 0.15) is 44.2 Å². The summed E-state index contributed by atoms with van der Waals surface area (Å²) in [6, 6.07) is 6.46. The molecule has 0 saturated heterocycles. The lowest BCUT2D eigenvalue weighted by Crippen LogP contribution is -2.36. The summed E-state index contributed by atoms with van der Waals surface area (Å²) >= 11 is 0. The van der Waals surface area contributed by atoms with E-state index in [2.05, 4.69) is 11.0 Å². The van der Waals surface area contributed by atoms with E-state index in [-0.39, 0.29) is 12.6 Å². The van der Waals surface area contributed by atoms with Gasteiger partial charge in [-0.1, -0.05) is 18.9 Å². The number of aliphatic hydroxyl groups excluding tert-OH is 1. The van der Waals surface area contributed by atoms with Gasteiger partial charge in [-0.05, 0) is 31.9 Å². The number of aliphatic hydroxyl groups is 1. The van der Waals surface area contributed by atoms with Crippen molar-refractivity contribution in [2.45, 2.75) is 44.7 Å². The van der Waals surface area contributed by atoms with Gasteiger partial charge in [0, 0.05) is 29.9 Å². The second-order valence-electron chi connectivity index (χ2n) is 5.54. The molecule has 1 aliphatic rings. The first-order chi connectivity index (χ1) is 9.69. The van der Waals surface area contributed by atoms with Crippen LogP contribution in [0.4, 0.5) is 5.69 Å². The highest BCUT2D eigenvalue weighted by molar-refractivity contribution is 5.61. The van der Waals surface area contributed by atoms with Crippen LogP contribution in [0.5, 0.6) is 5.75 Å². The van der Waals surface area contributed by atoms with E-state index in [0.29, 0.717) is 12.6 Å². The Balaban J connectivity index is 2.41.